The van der Waals surface area contributed by atoms with Crippen molar-refractivity contribution >= 4 is 17.3 Å². The molecule has 2 aliphatic rings. The molecular formula is C20H20N2O4. The lowest BCUT2D eigenvalue weighted by atomic mass is 10.1. The Labute approximate surface area is 152 Å². The van der Waals surface area contributed by atoms with Crippen molar-refractivity contribution in [2.75, 3.05) is 18.1 Å². The first kappa shape index (κ1) is 16.6. The molecule has 4 rings (SSSR count). The number of ketones is 1. The van der Waals surface area contributed by atoms with Gasteiger partial charge in [0.15, 0.2) is 5.84 Å². The Kier molecular flexibility index (Phi) is 3.92. The molecule has 0 amide bonds. The average molecular weight is 352 g/mol. The minimum Gasteiger partial charge on any atom is -0.494 e. The molecule has 0 aliphatic carbocycles. The summed E-state index contributed by atoms with van der Waals surface area (Å²) >= 11 is 0. The minimum atomic E-state index is -1.56. The number of benzene rings is 2. The maximum Gasteiger partial charge on any atom is 0.390 e. The standard InChI is InChI=1S/C20H20N2O4/c1-4-24-15-9-7-14(8-10-15)19-21-26-20(25-5-2)18(23)16-12-13(3)6-11-17(16)22(19)20/h6-12H,4-5H2,1-3H3. The van der Waals surface area contributed by atoms with Crippen molar-refractivity contribution in [2.24, 2.45) is 5.16 Å². The summed E-state index contributed by atoms with van der Waals surface area (Å²) in [5.41, 5.74) is 3.14. The molecule has 1 atom stereocenters. The van der Waals surface area contributed by atoms with Crippen LogP contribution in [0.5, 0.6) is 5.75 Å². The van der Waals surface area contributed by atoms with E-state index in [1.54, 1.807) is 4.90 Å². The topological polar surface area (TPSA) is 60.4 Å². The second-order valence-electron chi connectivity index (χ2n) is 6.16. The molecule has 0 aromatic heterocycles. The van der Waals surface area contributed by atoms with Gasteiger partial charge in [-0.2, -0.15) is 0 Å². The predicted molar refractivity (Wildman–Crippen MR) is 97.6 cm³/mol. The number of hydrogen-bond donors (Lipinski definition) is 0. The molecule has 2 aliphatic heterocycles. The van der Waals surface area contributed by atoms with Crippen LogP contribution in [-0.2, 0) is 9.57 Å². The molecule has 26 heavy (non-hydrogen) atoms. The zero-order chi connectivity index (χ0) is 18.3. The number of rotatable bonds is 5. The first-order valence-corrected chi connectivity index (χ1v) is 8.69. The minimum absolute atomic E-state index is 0.234. The van der Waals surface area contributed by atoms with Crippen molar-refractivity contribution in [3.8, 4) is 5.75 Å². The van der Waals surface area contributed by atoms with Crippen LogP contribution in [0.3, 0.4) is 0 Å². The number of aryl methyl sites for hydroxylation is 1. The summed E-state index contributed by atoms with van der Waals surface area (Å²) in [6.45, 7) is 6.64. The Hall–Kier alpha value is -2.86. The summed E-state index contributed by atoms with van der Waals surface area (Å²) in [6.07, 6.45) is 0. The Morgan fingerprint density at radius 3 is 2.58 bits per heavy atom. The van der Waals surface area contributed by atoms with Crippen molar-refractivity contribution in [3.05, 3.63) is 59.2 Å². The van der Waals surface area contributed by atoms with Gasteiger partial charge in [0, 0.05) is 5.56 Å². The highest BCUT2D eigenvalue weighted by Gasteiger charge is 2.61. The molecule has 2 heterocycles. The molecule has 6 nitrogen and oxygen atoms in total. The van der Waals surface area contributed by atoms with Crippen molar-refractivity contribution in [2.45, 2.75) is 26.7 Å². The van der Waals surface area contributed by atoms with Gasteiger partial charge in [-0.05, 0) is 57.2 Å². The number of carbonyl (C=O) groups is 1. The largest absolute Gasteiger partial charge is 0.494 e. The molecule has 1 unspecified atom stereocenters. The highest BCUT2D eigenvalue weighted by Crippen LogP contribution is 2.45. The van der Waals surface area contributed by atoms with E-state index in [9.17, 15) is 4.79 Å². The lowest BCUT2D eigenvalue weighted by molar-refractivity contribution is -0.178. The number of nitrogens with zero attached hydrogens (tertiary/aromatic N) is 2. The van der Waals surface area contributed by atoms with E-state index in [4.69, 9.17) is 14.3 Å². The summed E-state index contributed by atoms with van der Waals surface area (Å²) in [6, 6.07) is 13.3. The number of ether oxygens (including phenoxy) is 2. The maximum atomic E-state index is 13.1. The van der Waals surface area contributed by atoms with Gasteiger partial charge in [-0.1, -0.05) is 16.8 Å². The summed E-state index contributed by atoms with van der Waals surface area (Å²) in [7, 11) is 0. The van der Waals surface area contributed by atoms with E-state index < -0.39 is 5.91 Å². The Balaban J connectivity index is 1.79. The van der Waals surface area contributed by atoms with Gasteiger partial charge in [0.25, 0.3) is 5.78 Å². The van der Waals surface area contributed by atoms with E-state index in [1.807, 2.05) is 63.2 Å². The zero-order valence-corrected chi connectivity index (χ0v) is 15.0. The fourth-order valence-corrected chi connectivity index (χ4v) is 3.34. The smallest absolute Gasteiger partial charge is 0.390 e. The van der Waals surface area contributed by atoms with Crippen molar-refractivity contribution in [1.82, 2.24) is 0 Å². The molecule has 0 radical (unpaired) electrons. The summed E-state index contributed by atoms with van der Waals surface area (Å²) < 4.78 is 11.3. The van der Waals surface area contributed by atoms with Crippen LogP contribution in [0, 0.1) is 6.92 Å². The SMILES string of the molecule is CCOc1ccc(C2=NOC3(OCC)C(=O)c4cc(C)ccc4N23)cc1. The molecule has 0 bridgehead atoms. The summed E-state index contributed by atoms with van der Waals surface area (Å²) in [5.74, 6) is -0.473. The van der Waals surface area contributed by atoms with Crippen LogP contribution in [0.25, 0.3) is 0 Å². The fraction of sp³-hybridized carbons (Fsp3) is 0.300. The lowest BCUT2D eigenvalue weighted by Crippen LogP contribution is -2.52. The van der Waals surface area contributed by atoms with E-state index in [1.165, 1.54) is 0 Å². The van der Waals surface area contributed by atoms with Gasteiger partial charge in [-0.25, -0.2) is 0 Å². The van der Waals surface area contributed by atoms with Gasteiger partial charge in [0.2, 0.25) is 0 Å². The van der Waals surface area contributed by atoms with E-state index in [-0.39, 0.29) is 5.78 Å². The maximum absolute atomic E-state index is 13.1. The molecule has 0 fully saturated rings. The molecule has 0 N–H and O–H groups in total. The number of oxime groups is 1. The molecule has 134 valence electrons. The number of fused-ring (bicyclic) bond motifs is 3. The number of carbonyl (C=O) groups excluding carboxylic acids is 1. The van der Waals surface area contributed by atoms with Crippen LogP contribution in [0.2, 0.25) is 0 Å². The zero-order valence-electron chi connectivity index (χ0n) is 15.0. The third-order valence-corrected chi connectivity index (χ3v) is 4.45. The van der Waals surface area contributed by atoms with Crippen LogP contribution >= 0.6 is 0 Å². The number of hydrogen-bond acceptors (Lipinski definition) is 6. The quantitative estimate of drug-likeness (QED) is 0.824. The molecule has 0 saturated heterocycles. The Morgan fingerprint density at radius 2 is 1.88 bits per heavy atom. The Morgan fingerprint density at radius 1 is 1.12 bits per heavy atom. The van der Waals surface area contributed by atoms with Crippen LogP contribution in [0.15, 0.2) is 47.6 Å². The van der Waals surface area contributed by atoms with Gasteiger partial charge < -0.3 is 14.3 Å². The van der Waals surface area contributed by atoms with Gasteiger partial charge in [-0.15, -0.1) is 0 Å². The highest BCUT2D eigenvalue weighted by atomic mass is 16.8. The van der Waals surface area contributed by atoms with Crippen LogP contribution < -0.4 is 9.64 Å². The van der Waals surface area contributed by atoms with Gasteiger partial charge in [0.05, 0.1) is 24.5 Å². The molecule has 0 saturated carbocycles. The lowest BCUT2D eigenvalue weighted by Gasteiger charge is -2.28. The average Bonchev–Trinajstić information content (AvgIpc) is 3.12. The van der Waals surface area contributed by atoms with Crippen molar-refractivity contribution in [3.63, 3.8) is 0 Å². The second kappa shape index (κ2) is 6.14. The molecule has 6 heteroatoms. The molecule has 2 aromatic rings. The van der Waals surface area contributed by atoms with Gasteiger partial charge in [0.1, 0.15) is 5.75 Å². The molecular weight excluding hydrogens is 332 g/mol. The third-order valence-electron chi connectivity index (χ3n) is 4.45. The van der Waals surface area contributed by atoms with E-state index in [0.29, 0.717) is 24.6 Å². The van der Waals surface area contributed by atoms with Crippen LogP contribution in [0.1, 0.15) is 35.3 Å². The number of Topliss-reactive ketones (excluding diaryl/α,β-unsaturated/α-hetero) is 1. The number of amidine groups is 1. The normalized spacial score (nSPS) is 20.5. The summed E-state index contributed by atoms with van der Waals surface area (Å²) in [5, 5.41) is 4.18. The number of anilines is 1. The highest BCUT2D eigenvalue weighted by molar-refractivity contribution is 6.24. The monoisotopic (exact) mass is 352 g/mol. The Bertz CT molecular complexity index is 891. The molecule has 2 aromatic carbocycles. The van der Waals surface area contributed by atoms with E-state index >= 15 is 0 Å². The summed E-state index contributed by atoms with van der Waals surface area (Å²) in [4.78, 5) is 20.4. The molecule has 0 spiro atoms. The second-order valence-corrected chi connectivity index (χ2v) is 6.16. The van der Waals surface area contributed by atoms with Crippen LogP contribution in [-0.4, -0.2) is 30.7 Å². The first-order valence-electron chi connectivity index (χ1n) is 8.69. The third kappa shape index (κ3) is 2.29. The van der Waals surface area contributed by atoms with E-state index in [2.05, 4.69) is 5.16 Å². The van der Waals surface area contributed by atoms with Gasteiger partial charge in [-0.3, -0.25) is 9.69 Å². The van der Waals surface area contributed by atoms with Crippen LogP contribution in [0.4, 0.5) is 5.69 Å². The van der Waals surface area contributed by atoms with Gasteiger partial charge >= 0.3 is 5.91 Å². The fourth-order valence-electron chi connectivity index (χ4n) is 3.34. The van der Waals surface area contributed by atoms with E-state index in [0.717, 1.165) is 22.6 Å². The predicted octanol–water partition coefficient (Wildman–Crippen LogP) is 3.48. The first-order chi connectivity index (χ1) is 12.6. The van der Waals surface area contributed by atoms with Crippen molar-refractivity contribution in [1.29, 1.82) is 0 Å². The van der Waals surface area contributed by atoms with Crippen molar-refractivity contribution < 1.29 is 19.1 Å².